The molecular formula is C25H26FNO4. The number of halogens is 1. The van der Waals surface area contributed by atoms with E-state index in [1.807, 2.05) is 33.8 Å². The lowest BCUT2D eigenvalue weighted by Crippen LogP contribution is -2.31. The van der Waals surface area contributed by atoms with Crippen molar-refractivity contribution in [1.29, 1.82) is 0 Å². The Balaban J connectivity index is 1.83. The van der Waals surface area contributed by atoms with Gasteiger partial charge >= 0.3 is 0 Å². The fraction of sp³-hybridized carbons (Fsp3) is 0.360. The van der Waals surface area contributed by atoms with Crippen LogP contribution in [0.1, 0.15) is 59.1 Å². The summed E-state index contributed by atoms with van der Waals surface area (Å²) >= 11 is 0. The summed E-state index contributed by atoms with van der Waals surface area (Å²) in [4.78, 5) is 28.4. The molecule has 1 aromatic heterocycles. The van der Waals surface area contributed by atoms with E-state index in [0.29, 0.717) is 41.7 Å². The summed E-state index contributed by atoms with van der Waals surface area (Å²) < 4.78 is 25.2. The minimum absolute atomic E-state index is 0.0693. The van der Waals surface area contributed by atoms with Crippen LogP contribution in [0.25, 0.3) is 11.0 Å². The van der Waals surface area contributed by atoms with Gasteiger partial charge in [0, 0.05) is 13.2 Å². The summed E-state index contributed by atoms with van der Waals surface area (Å²) in [5.74, 6) is -0.632. The van der Waals surface area contributed by atoms with E-state index >= 15 is 0 Å². The van der Waals surface area contributed by atoms with Crippen molar-refractivity contribution in [3.63, 3.8) is 0 Å². The number of carbonyl (C=O) groups excluding carboxylic acids is 1. The third-order valence-electron chi connectivity index (χ3n) is 5.76. The van der Waals surface area contributed by atoms with Gasteiger partial charge in [0.25, 0.3) is 5.91 Å². The number of ether oxygens (including phenoxy) is 1. The quantitative estimate of drug-likeness (QED) is 0.529. The maximum Gasteiger partial charge on any atom is 0.290 e. The van der Waals surface area contributed by atoms with Gasteiger partial charge in [0.05, 0.1) is 23.1 Å². The first-order valence-corrected chi connectivity index (χ1v) is 10.5. The van der Waals surface area contributed by atoms with E-state index < -0.39 is 6.04 Å². The maximum absolute atomic E-state index is 13.6. The first kappa shape index (κ1) is 21.2. The Morgan fingerprint density at radius 3 is 2.45 bits per heavy atom. The second-order valence-corrected chi connectivity index (χ2v) is 8.33. The molecule has 0 unspecified atom stereocenters. The third-order valence-corrected chi connectivity index (χ3v) is 5.76. The standard InChI is InChI=1S/C25H26FNO4/c1-14(2)30-11-5-10-27-22(17-6-8-18(26)9-7-17)21-23(28)19-12-15(3)16(4)13-20(19)31-24(21)25(27)29/h6-9,12-14,22H,5,10-11H2,1-4H3/t22-/m0/s1. The van der Waals surface area contributed by atoms with Crippen molar-refractivity contribution in [1.82, 2.24) is 4.90 Å². The summed E-state index contributed by atoms with van der Waals surface area (Å²) in [6.45, 7) is 8.67. The van der Waals surface area contributed by atoms with Gasteiger partial charge in [-0.25, -0.2) is 4.39 Å². The van der Waals surface area contributed by atoms with E-state index in [4.69, 9.17) is 9.15 Å². The molecule has 1 atom stereocenters. The van der Waals surface area contributed by atoms with Crippen molar-refractivity contribution in [3.05, 3.63) is 80.5 Å². The average molecular weight is 423 g/mol. The predicted octanol–water partition coefficient (Wildman–Crippen LogP) is 4.91. The van der Waals surface area contributed by atoms with Gasteiger partial charge in [0.1, 0.15) is 11.4 Å². The van der Waals surface area contributed by atoms with Crippen LogP contribution in [-0.4, -0.2) is 30.1 Å². The Hall–Kier alpha value is -2.99. The van der Waals surface area contributed by atoms with Gasteiger partial charge in [0.2, 0.25) is 5.76 Å². The number of hydrogen-bond acceptors (Lipinski definition) is 4. The summed E-state index contributed by atoms with van der Waals surface area (Å²) in [5.41, 5.74) is 3.14. The molecule has 1 aliphatic rings. The number of aryl methyl sites for hydroxylation is 2. The molecule has 0 spiro atoms. The molecule has 0 saturated heterocycles. The molecule has 2 aromatic carbocycles. The number of hydrogen-bond donors (Lipinski definition) is 0. The first-order valence-electron chi connectivity index (χ1n) is 10.5. The zero-order chi connectivity index (χ0) is 22.3. The molecule has 0 fully saturated rings. The number of rotatable bonds is 6. The van der Waals surface area contributed by atoms with E-state index in [1.54, 1.807) is 23.1 Å². The maximum atomic E-state index is 13.6. The monoisotopic (exact) mass is 423 g/mol. The topological polar surface area (TPSA) is 59.8 Å². The fourth-order valence-corrected chi connectivity index (χ4v) is 4.05. The van der Waals surface area contributed by atoms with Crippen molar-refractivity contribution >= 4 is 16.9 Å². The summed E-state index contributed by atoms with van der Waals surface area (Å²) in [5, 5.41) is 0.451. The SMILES string of the molecule is Cc1cc2oc3c(c(=O)c2cc1C)[C@H](c1ccc(F)cc1)N(CCCOC(C)C)C3=O. The van der Waals surface area contributed by atoms with E-state index in [9.17, 15) is 14.0 Å². The van der Waals surface area contributed by atoms with Crippen LogP contribution >= 0.6 is 0 Å². The molecular weight excluding hydrogens is 397 g/mol. The lowest BCUT2D eigenvalue weighted by Gasteiger charge is -2.25. The number of nitrogens with zero attached hydrogens (tertiary/aromatic N) is 1. The van der Waals surface area contributed by atoms with Crippen LogP contribution in [0.15, 0.2) is 45.6 Å². The fourth-order valence-electron chi connectivity index (χ4n) is 4.05. The molecule has 2 heterocycles. The van der Waals surface area contributed by atoms with Crippen LogP contribution < -0.4 is 5.43 Å². The number of benzene rings is 2. The Kier molecular flexibility index (Phi) is 5.67. The van der Waals surface area contributed by atoms with Crippen molar-refractivity contribution in [2.75, 3.05) is 13.2 Å². The zero-order valence-corrected chi connectivity index (χ0v) is 18.2. The molecule has 1 amide bonds. The molecule has 31 heavy (non-hydrogen) atoms. The average Bonchev–Trinajstić information content (AvgIpc) is 3.00. The van der Waals surface area contributed by atoms with Gasteiger partial charge in [-0.05, 0) is 75.1 Å². The molecule has 6 heteroatoms. The molecule has 0 radical (unpaired) electrons. The second kappa shape index (κ2) is 8.27. The van der Waals surface area contributed by atoms with Gasteiger partial charge in [-0.1, -0.05) is 12.1 Å². The predicted molar refractivity (Wildman–Crippen MR) is 117 cm³/mol. The van der Waals surface area contributed by atoms with Crippen LogP contribution in [0, 0.1) is 19.7 Å². The Morgan fingerprint density at radius 2 is 1.77 bits per heavy atom. The van der Waals surface area contributed by atoms with Crippen LogP contribution in [0.3, 0.4) is 0 Å². The van der Waals surface area contributed by atoms with Gasteiger partial charge in [0.15, 0.2) is 5.43 Å². The summed E-state index contributed by atoms with van der Waals surface area (Å²) in [7, 11) is 0. The lowest BCUT2D eigenvalue weighted by atomic mass is 9.97. The summed E-state index contributed by atoms with van der Waals surface area (Å²) in [6.07, 6.45) is 0.709. The highest BCUT2D eigenvalue weighted by Crippen LogP contribution is 2.38. The number of amides is 1. The molecule has 4 rings (SSSR count). The van der Waals surface area contributed by atoms with Gasteiger partial charge < -0.3 is 14.1 Å². The summed E-state index contributed by atoms with van der Waals surface area (Å²) in [6, 6.07) is 8.90. The van der Waals surface area contributed by atoms with Gasteiger partial charge in [-0.15, -0.1) is 0 Å². The van der Waals surface area contributed by atoms with Crippen molar-refractivity contribution < 1.29 is 18.3 Å². The van der Waals surface area contributed by atoms with Crippen molar-refractivity contribution in [2.24, 2.45) is 0 Å². The van der Waals surface area contributed by atoms with Gasteiger partial charge in [-0.2, -0.15) is 0 Å². The van der Waals surface area contributed by atoms with E-state index in [-0.39, 0.29) is 29.0 Å². The Labute approximate surface area is 180 Å². The molecule has 0 N–H and O–H groups in total. The van der Waals surface area contributed by atoms with Crippen molar-refractivity contribution in [2.45, 2.75) is 46.3 Å². The molecule has 0 aliphatic carbocycles. The van der Waals surface area contributed by atoms with Crippen LogP contribution in [0.5, 0.6) is 0 Å². The molecule has 162 valence electrons. The van der Waals surface area contributed by atoms with E-state index in [2.05, 4.69) is 0 Å². The molecule has 5 nitrogen and oxygen atoms in total. The zero-order valence-electron chi connectivity index (χ0n) is 18.2. The van der Waals surface area contributed by atoms with E-state index in [0.717, 1.165) is 11.1 Å². The molecule has 0 saturated carbocycles. The number of carbonyl (C=O) groups is 1. The minimum atomic E-state index is -0.621. The molecule has 1 aliphatic heterocycles. The second-order valence-electron chi connectivity index (χ2n) is 8.33. The highest BCUT2D eigenvalue weighted by Gasteiger charge is 2.42. The van der Waals surface area contributed by atoms with Crippen LogP contribution in [-0.2, 0) is 4.74 Å². The minimum Gasteiger partial charge on any atom is -0.450 e. The van der Waals surface area contributed by atoms with E-state index in [1.165, 1.54) is 12.1 Å². The highest BCUT2D eigenvalue weighted by molar-refractivity contribution is 5.99. The molecule has 3 aromatic rings. The first-order chi connectivity index (χ1) is 14.8. The van der Waals surface area contributed by atoms with Crippen LogP contribution in [0.4, 0.5) is 4.39 Å². The largest absolute Gasteiger partial charge is 0.450 e. The third kappa shape index (κ3) is 3.88. The Bertz CT molecular complexity index is 1200. The Morgan fingerprint density at radius 1 is 1.10 bits per heavy atom. The number of fused-ring (bicyclic) bond motifs is 2. The molecule has 0 bridgehead atoms. The highest BCUT2D eigenvalue weighted by atomic mass is 19.1. The lowest BCUT2D eigenvalue weighted by molar-refractivity contribution is 0.0593. The smallest absolute Gasteiger partial charge is 0.290 e. The van der Waals surface area contributed by atoms with Gasteiger partial charge in [-0.3, -0.25) is 9.59 Å². The van der Waals surface area contributed by atoms with Crippen molar-refractivity contribution in [3.8, 4) is 0 Å². The van der Waals surface area contributed by atoms with Crippen LogP contribution in [0.2, 0.25) is 0 Å². The normalized spacial score (nSPS) is 15.9.